The standard InChI is InChI=1S/C18H30O3S.C6H7NO3S.C2H4.2H2O.Ti/c1-2-3-4-5-6-7-8-9-10-11-14-17-15-12-13-16-18(17)22(19,20)21;7-5-1-3-6(4-2-5)11(8,9)10;1-2;;;/h12-13,15-16H,2-11,14H2,1H3,(H,19,20,21);1-4H,7H2,(H,8,9,10);1-2H2;2*1H2;/q;;;;;+4/p-4. The first-order chi connectivity index (χ1) is 18.0. The number of nitrogen functional groups attached to an aromatic ring is 1. The fourth-order valence-electron chi connectivity index (χ4n) is 3.78. The molecule has 0 aromatic heterocycles. The average molecular weight is 608 g/mol. The molecule has 0 radical (unpaired) electrons. The van der Waals surface area contributed by atoms with Gasteiger partial charge in [-0.2, -0.15) is 0 Å². The minimum absolute atomic E-state index is 0.243. The van der Waals surface area contributed by atoms with E-state index in [0.29, 0.717) is 12.0 Å². The van der Waals surface area contributed by atoms with Gasteiger partial charge in [0.15, 0.2) is 0 Å². The molecule has 0 amide bonds. The van der Waals surface area contributed by atoms with E-state index in [-0.39, 0.29) is 10.6 Å². The molecule has 12 heteroatoms. The van der Waals surface area contributed by atoms with E-state index in [4.69, 9.17) is 5.73 Å². The number of hydrogen-bond acceptors (Lipinski definition) is 9. The zero-order valence-corrected chi connectivity index (χ0v) is 25.2. The van der Waals surface area contributed by atoms with Crippen LogP contribution in [0.15, 0.2) is 71.5 Å². The van der Waals surface area contributed by atoms with Crippen LogP contribution in [0, 0.1) is 0 Å². The Morgan fingerprint density at radius 1 is 0.737 bits per heavy atom. The van der Waals surface area contributed by atoms with E-state index >= 15 is 0 Å². The summed E-state index contributed by atoms with van der Waals surface area (Å²) in [5.74, 6) is 0. The Kier molecular flexibility index (Phi) is 15.6. The molecule has 0 bridgehead atoms. The van der Waals surface area contributed by atoms with Crippen molar-refractivity contribution in [2.45, 2.75) is 87.3 Å². The Hall–Kier alpha value is -1.57. The van der Waals surface area contributed by atoms with Crippen molar-refractivity contribution in [3.63, 3.8) is 0 Å². The van der Waals surface area contributed by atoms with Crippen molar-refractivity contribution in [3.05, 3.63) is 67.3 Å². The van der Waals surface area contributed by atoms with Gasteiger partial charge in [-0.05, 0) is 0 Å². The van der Waals surface area contributed by atoms with Gasteiger partial charge in [-0.25, -0.2) is 0 Å². The topological polar surface area (TPSA) is 153 Å². The molecule has 0 saturated heterocycles. The van der Waals surface area contributed by atoms with Gasteiger partial charge in [0, 0.05) is 0 Å². The molecular weight excluding hydrogens is 566 g/mol. The van der Waals surface area contributed by atoms with E-state index in [9.17, 15) is 24.2 Å². The molecule has 4 N–H and O–H groups in total. The summed E-state index contributed by atoms with van der Waals surface area (Å²) in [7, 11) is -9.39. The summed E-state index contributed by atoms with van der Waals surface area (Å²) < 4.78 is 79.7. The van der Waals surface area contributed by atoms with Crippen molar-refractivity contribution in [1.82, 2.24) is 0 Å². The van der Waals surface area contributed by atoms with Crippen molar-refractivity contribution >= 4 is 25.9 Å². The first-order valence-electron chi connectivity index (χ1n) is 12.8. The molecule has 0 heterocycles. The number of anilines is 1. The van der Waals surface area contributed by atoms with Crippen LogP contribution in [0.4, 0.5) is 5.69 Å². The Bertz CT molecular complexity index is 1170. The number of rotatable bonds is 17. The van der Waals surface area contributed by atoms with Crippen LogP contribution >= 0.6 is 0 Å². The number of hydrogen-bond donors (Lipinski definition) is 3. The Labute approximate surface area is 233 Å². The number of nitrogens with two attached hydrogens (primary N) is 1. The van der Waals surface area contributed by atoms with Gasteiger partial charge < -0.3 is 0 Å². The molecule has 2 rings (SSSR count). The summed E-state index contributed by atoms with van der Waals surface area (Å²) in [4.78, 5) is -0.662. The van der Waals surface area contributed by atoms with Crippen LogP contribution in [0.5, 0.6) is 0 Å². The van der Waals surface area contributed by atoms with Crippen LogP contribution in [0.2, 0.25) is 0 Å². The van der Waals surface area contributed by atoms with Crippen molar-refractivity contribution in [2.75, 3.05) is 5.73 Å². The van der Waals surface area contributed by atoms with Crippen LogP contribution < -0.4 is 5.73 Å². The van der Waals surface area contributed by atoms with Gasteiger partial charge >= 0.3 is 195 Å². The molecule has 0 saturated carbocycles. The van der Waals surface area contributed by atoms with Crippen molar-refractivity contribution in [3.8, 4) is 0 Å². The molecule has 0 fully saturated rings. The Morgan fingerprint density at radius 2 is 1.21 bits per heavy atom. The first-order valence-corrected chi connectivity index (χ1v) is 18.2. The zero-order valence-electron chi connectivity index (χ0n) is 22.0. The summed E-state index contributed by atoms with van der Waals surface area (Å²) in [6.07, 6.45) is 11.9. The molecule has 0 spiro atoms. The Morgan fingerprint density at radius 3 is 1.76 bits per heavy atom. The third kappa shape index (κ3) is 12.5. The van der Waals surface area contributed by atoms with Gasteiger partial charge in [0.25, 0.3) is 0 Å². The van der Waals surface area contributed by atoms with Crippen LogP contribution in [-0.4, -0.2) is 24.2 Å². The van der Waals surface area contributed by atoms with E-state index < -0.39 is 43.3 Å². The molecule has 214 valence electrons. The van der Waals surface area contributed by atoms with E-state index in [1.54, 1.807) is 12.1 Å². The van der Waals surface area contributed by atoms with E-state index in [1.165, 1.54) is 62.8 Å². The molecule has 0 aliphatic carbocycles. The summed E-state index contributed by atoms with van der Waals surface area (Å²) in [5, 5.41) is 0. The van der Waals surface area contributed by atoms with Crippen LogP contribution in [0.25, 0.3) is 0 Å². The molecule has 38 heavy (non-hydrogen) atoms. The van der Waals surface area contributed by atoms with E-state index in [1.807, 2.05) is 0 Å². The van der Waals surface area contributed by atoms with Crippen LogP contribution in [0.1, 0.15) is 76.7 Å². The molecule has 9 nitrogen and oxygen atoms in total. The predicted octanol–water partition coefficient (Wildman–Crippen LogP) is 5.44. The number of benzene rings is 2. The fraction of sp³-hybridized carbons (Fsp3) is 0.462. The zero-order chi connectivity index (χ0) is 28.7. The molecule has 0 unspecified atom stereocenters. The third-order valence-electron chi connectivity index (χ3n) is 5.65. The second-order valence-electron chi connectivity index (χ2n) is 8.73. The second kappa shape index (κ2) is 17.2. The van der Waals surface area contributed by atoms with Crippen molar-refractivity contribution < 1.29 is 47.9 Å². The fourth-order valence-corrected chi connectivity index (χ4v) is 9.80. The SMILES string of the molecule is C=C.CCCCCCCCCCCCc1ccccc1S(=O)(=O)[O][Ti]([OH])([OH])[O]S(=O)(=O)c1ccc(N)cc1. The normalized spacial score (nSPS) is 12.1. The first kappa shape index (κ1) is 34.5. The van der Waals surface area contributed by atoms with Crippen LogP contribution in [-0.2, 0) is 50.3 Å². The summed E-state index contributed by atoms with van der Waals surface area (Å²) in [5.41, 5.74) is 6.26. The van der Waals surface area contributed by atoms with Gasteiger partial charge in [-0.3, -0.25) is 0 Å². The quantitative estimate of drug-likeness (QED) is 0.0923. The maximum absolute atomic E-state index is 12.8. The molecule has 2 aromatic rings. The minimum atomic E-state index is -6.24. The van der Waals surface area contributed by atoms with E-state index in [0.717, 1.165) is 37.8 Å². The number of aryl methyl sites for hydroxylation is 1. The van der Waals surface area contributed by atoms with Crippen LogP contribution in [0.3, 0.4) is 0 Å². The summed E-state index contributed by atoms with van der Waals surface area (Å²) in [6.45, 7) is 8.20. The second-order valence-corrected chi connectivity index (χ2v) is 15.1. The summed E-state index contributed by atoms with van der Waals surface area (Å²) in [6, 6.07) is 10.8. The Balaban J connectivity index is 0.00000352. The summed E-state index contributed by atoms with van der Waals surface area (Å²) >= 11 is -6.24. The van der Waals surface area contributed by atoms with Gasteiger partial charge in [0.2, 0.25) is 0 Å². The molecule has 2 aromatic carbocycles. The maximum atomic E-state index is 12.8. The molecule has 0 atom stereocenters. The van der Waals surface area contributed by atoms with Gasteiger partial charge in [0.1, 0.15) is 0 Å². The molecule has 0 aliphatic heterocycles. The molecular formula is C26H41NO8S2Ti. The molecule has 0 aliphatic rings. The predicted molar refractivity (Wildman–Crippen MR) is 145 cm³/mol. The monoisotopic (exact) mass is 607 g/mol. The average Bonchev–Trinajstić information content (AvgIpc) is 2.85. The number of unbranched alkanes of at least 4 members (excludes halogenated alkanes) is 9. The van der Waals surface area contributed by atoms with Gasteiger partial charge in [-0.15, -0.1) is 13.2 Å². The van der Waals surface area contributed by atoms with Crippen molar-refractivity contribution in [1.29, 1.82) is 0 Å². The third-order valence-corrected chi connectivity index (χ3v) is 12.4. The van der Waals surface area contributed by atoms with Crippen molar-refractivity contribution in [2.24, 2.45) is 0 Å². The van der Waals surface area contributed by atoms with Gasteiger partial charge in [-0.1, -0.05) is 26.2 Å². The van der Waals surface area contributed by atoms with Gasteiger partial charge in [0.05, 0.1) is 0 Å². The van der Waals surface area contributed by atoms with E-state index in [2.05, 4.69) is 25.6 Å².